The average Bonchev–Trinajstić information content (AvgIpc) is 2.76. The van der Waals surface area contributed by atoms with Gasteiger partial charge in [-0.05, 0) is 50.6 Å². The number of nitrogens with one attached hydrogen (secondary N) is 2. The van der Waals surface area contributed by atoms with Gasteiger partial charge in [-0.2, -0.15) is 0 Å². The Bertz CT molecular complexity index is 517. The molecule has 1 heterocycles. The van der Waals surface area contributed by atoms with E-state index < -0.39 is 9.84 Å². The maximum absolute atomic E-state index is 11.9. The Hall–Kier alpha value is -1.07. The van der Waals surface area contributed by atoms with Crippen LogP contribution in [-0.2, 0) is 9.84 Å². The molecule has 1 fully saturated rings. The Morgan fingerprint density at radius 3 is 2.53 bits per heavy atom. The van der Waals surface area contributed by atoms with E-state index in [0.717, 1.165) is 25.2 Å². The first-order valence-electron chi connectivity index (χ1n) is 6.77. The molecule has 0 aromatic heterocycles. The van der Waals surface area contributed by atoms with Crippen LogP contribution in [0.5, 0.6) is 0 Å². The van der Waals surface area contributed by atoms with Gasteiger partial charge in [0.25, 0.3) is 0 Å². The number of anilines is 1. The molecule has 0 amide bonds. The average molecular weight is 282 g/mol. The lowest BCUT2D eigenvalue weighted by Gasteiger charge is -2.26. The highest BCUT2D eigenvalue weighted by Crippen LogP contribution is 2.22. The number of rotatable bonds is 5. The lowest BCUT2D eigenvalue weighted by Crippen LogP contribution is -2.36. The van der Waals surface area contributed by atoms with Crippen LogP contribution in [-0.4, -0.2) is 32.8 Å². The van der Waals surface area contributed by atoms with Gasteiger partial charge in [0.15, 0.2) is 9.84 Å². The summed E-state index contributed by atoms with van der Waals surface area (Å²) in [6, 6.07) is 7.09. The minimum absolute atomic E-state index is 0.0593. The summed E-state index contributed by atoms with van der Waals surface area (Å²) >= 11 is 0. The standard InChI is InChI=1S/C14H22N2O2S/c1-3-10-19(17,18)13-6-4-12(5-7-13)16-14(2)8-9-15-11-14/h4-7,15-16H,3,8-11H2,1-2H3. The molecule has 1 aliphatic rings. The van der Waals surface area contributed by atoms with Crippen molar-refractivity contribution in [3.8, 4) is 0 Å². The molecule has 0 radical (unpaired) electrons. The highest BCUT2D eigenvalue weighted by Gasteiger charge is 2.28. The molecule has 106 valence electrons. The van der Waals surface area contributed by atoms with Crippen LogP contribution in [0.4, 0.5) is 5.69 Å². The largest absolute Gasteiger partial charge is 0.379 e. The zero-order valence-electron chi connectivity index (χ0n) is 11.6. The van der Waals surface area contributed by atoms with Crippen LogP contribution in [0.2, 0.25) is 0 Å². The predicted octanol–water partition coefficient (Wildman–Crippen LogP) is 2.03. The van der Waals surface area contributed by atoms with Gasteiger partial charge in [0, 0.05) is 17.8 Å². The predicted molar refractivity (Wildman–Crippen MR) is 78.3 cm³/mol. The fraction of sp³-hybridized carbons (Fsp3) is 0.571. The molecule has 1 unspecified atom stereocenters. The van der Waals surface area contributed by atoms with Crippen LogP contribution in [0.1, 0.15) is 26.7 Å². The van der Waals surface area contributed by atoms with E-state index in [-0.39, 0.29) is 11.3 Å². The number of hydrogen-bond donors (Lipinski definition) is 2. The summed E-state index contributed by atoms with van der Waals surface area (Å²) in [5.74, 6) is 0.210. The Labute approximate surface area is 115 Å². The third-order valence-corrected chi connectivity index (χ3v) is 5.44. The zero-order chi connectivity index (χ0) is 13.9. The summed E-state index contributed by atoms with van der Waals surface area (Å²) in [6.07, 6.45) is 1.72. The molecule has 1 saturated heterocycles. The zero-order valence-corrected chi connectivity index (χ0v) is 12.4. The minimum atomic E-state index is -3.11. The van der Waals surface area contributed by atoms with Gasteiger partial charge in [-0.3, -0.25) is 0 Å². The first-order valence-corrected chi connectivity index (χ1v) is 8.42. The molecule has 0 saturated carbocycles. The van der Waals surface area contributed by atoms with E-state index in [1.54, 1.807) is 12.1 Å². The molecule has 1 atom stereocenters. The van der Waals surface area contributed by atoms with Crippen LogP contribution in [0, 0.1) is 0 Å². The van der Waals surface area contributed by atoms with Gasteiger partial charge < -0.3 is 10.6 Å². The molecule has 4 nitrogen and oxygen atoms in total. The molecule has 1 aromatic rings. The smallest absolute Gasteiger partial charge is 0.178 e. The molecule has 19 heavy (non-hydrogen) atoms. The van der Waals surface area contributed by atoms with E-state index in [0.29, 0.717) is 11.3 Å². The number of benzene rings is 1. The Balaban J connectivity index is 2.10. The normalized spacial score (nSPS) is 23.5. The Morgan fingerprint density at radius 1 is 1.32 bits per heavy atom. The second kappa shape index (κ2) is 5.51. The monoisotopic (exact) mass is 282 g/mol. The molecule has 1 aliphatic heterocycles. The molecule has 0 aliphatic carbocycles. The quantitative estimate of drug-likeness (QED) is 0.867. The first-order chi connectivity index (χ1) is 8.95. The van der Waals surface area contributed by atoms with Gasteiger partial charge in [0.2, 0.25) is 0 Å². The second-order valence-electron chi connectivity index (χ2n) is 5.46. The van der Waals surface area contributed by atoms with Crippen molar-refractivity contribution in [2.45, 2.75) is 37.1 Å². The molecule has 0 spiro atoms. The topological polar surface area (TPSA) is 58.2 Å². The van der Waals surface area contributed by atoms with E-state index in [2.05, 4.69) is 17.6 Å². The number of sulfone groups is 1. The van der Waals surface area contributed by atoms with Crippen molar-refractivity contribution in [2.24, 2.45) is 0 Å². The first kappa shape index (κ1) is 14.3. The second-order valence-corrected chi connectivity index (χ2v) is 7.56. The Morgan fingerprint density at radius 2 is 2.00 bits per heavy atom. The van der Waals surface area contributed by atoms with E-state index in [4.69, 9.17) is 0 Å². The van der Waals surface area contributed by atoms with Crippen molar-refractivity contribution in [1.82, 2.24) is 5.32 Å². The number of hydrogen-bond acceptors (Lipinski definition) is 4. The summed E-state index contributed by atoms with van der Waals surface area (Å²) in [5.41, 5.74) is 1.03. The van der Waals surface area contributed by atoms with E-state index in [9.17, 15) is 8.42 Å². The van der Waals surface area contributed by atoms with Crippen LogP contribution < -0.4 is 10.6 Å². The lowest BCUT2D eigenvalue weighted by molar-refractivity contribution is 0.567. The van der Waals surface area contributed by atoms with E-state index in [1.165, 1.54) is 0 Å². The van der Waals surface area contributed by atoms with Crippen molar-refractivity contribution in [3.63, 3.8) is 0 Å². The molecular formula is C14H22N2O2S. The summed E-state index contributed by atoms with van der Waals surface area (Å²) < 4.78 is 23.8. The molecular weight excluding hydrogens is 260 g/mol. The molecule has 1 aromatic carbocycles. The van der Waals surface area contributed by atoms with Crippen molar-refractivity contribution in [2.75, 3.05) is 24.2 Å². The van der Waals surface area contributed by atoms with Crippen molar-refractivity contribution >= 4 is 15.5 Å². The molecule has 2 rings (SSSR count). The van der Waals surface area contributed by atoms with Crippen molar-refractivity contribution < 1.29 is 8.42 Å². The van der Waals surface area contributed by atoms with Gasteiger partial charge in [0.1, 0.15) is 0 Å². The molecule has 2 N–H and O–H groups in total. The summed E-state index contributed by atoms with van der Waals surface area (Å²) in [5, 5.41) is 6.80. The van der Waals surface area contributed by atoms with Gasteiger partial charge in [-0.15, -0.1) is 0 Å². The highest BCUT2D eigenvalue weighted by atomic mass is 32.2. The SMILES string of the molecule is CCCS(=O)(=O)c1ccc(NC2(C)CCNC2)cc1. The highest BCUT2D eigenvalue weighted by molar-refractivity contribution is 7.91. The fourth-order valence-electron chi connectivity index (χ4n) is 2.40. The van der Waals surface area contributed by atoms with E-state index in [1.807, 2.05) is 19.1 Å². The molecule has 5 heteroatoms. The van der Waals surface area contributed by atoms with Crippen LogP contribution in [0.3, 0.4) is 0 Å². The van der Waals surface area contributed by atoms with Crippen LogP contribution in [0.25, 0.3) is 0 Å². The molecule has 0 bridgehead atoms. The van der Waals surface area contributed by atoms with Crippen molar-refractivity contribution in [3.05, 3.63) is 24.3 Å². The third kappa shape index (κ3) is 3.48. The van der Waals surface area contributed by atoms with Crippen molar-refractivity contribution in [1.29, 1.82) is 0 Å². The third-order valence-electron chi connectivity index (χ3n) is 3.50. The summed E-state index contributed by atoms with van der Waals surface area (Å²) in [7, 11) is -3.11. The minimum Gasteiger partial charge on any atom is -0.379 e. The van der Waals surface area contributed by atoms with E-state index >= 15 is 0 Å². The fourth-order valence-corrected chi connectivity index (χ4v) is 3.73. The van der Waals surface area contributed by atoms with Gasteiger partial charge in [0.05, 0.1) is 10.6 Å². The van der Waals surface area contributed by atoms with Gasteiger partial charge >= 0.3 is 0 Å². The van der Waals surface area contributed by atoms with Gasteiger partial charge in [-0.1, -0.05) is 6.92 Å². The summed E-state index contributed by atoms with van der Waals surface area (Å²) in [4.78, 5) is 0.412. The maximum atomic E-state index is 11.9. The van der Waals surface area contributed by atoms with Crippen LogP contribution >= 0.6 is 0 Å². The maximum Gasteiger partial charge on any atom is 0.178 e. The Kier molecular flexibility index (Phi) is 4.16. The van der Waals surface area contributed by atoms with Crippen LogP contribution in [0.15, 0.2) is 29.2 Å². The van der Waals surface area contributed by atoms with Gasteiger partial charge in [-0.25, -0.2) is 8.42 Å². The lowest BCUT2D eigenvalue weighted by atomic mass is 10.0. The summed E-state index contributed by atoms with van der Waals surface area (Å²) in [6.45, 7) is 6.01.